The van der Waals surface area contributed by atoms with E-state index in [4.69, 9.17) is 4.74 Å². The van der Waals surface area contributed by atoms with Crippen molar-refractivity contribution in [3.05, 3.63) is 58.7 Å². The number of rotatable bonds is 5. The minimum Gasteiger partial charge on any atom is -0.496 e. The number of hydrazone groups is 1. The van der Waals surface area contributed by atoms with Gasteiger partial charge < -0.3 is 14.7 Å². The van der Waals surface area contributed by atoms with Gasteiger partial charge in [0.2, 0.25) is 0 Å². The molecule has 1 aliphatic heterocycles. The summed E-state index contributed by atoms with van der Waals surface area (Å²) < 4.78 is 5.40. The highest BCUT2D eigenvalue weighted by molar-refractivity contribution is 6.65. The van der Waals surface area contributed by atoms with E-state index in [0.717, 1.165) is 5.56 Å². The van der Waals surface area contributed by atoms with Crippen LogP contribution >= 0.6 is 0 Å². The Labute approximate surface area is 201 Å². The maximum Gasteiger partial charge on any atom is 0.466 e. The molecule has 0 bridgehead atoms. The summed E-state index contributed by atoms with van der Waals surface area (Å²) >= 11 is 0. The van der Waals surface area contributed by atoms with E-state index in [1.165, 1.54) is 9.93 Å². The third-order valence-corrected chi connectivity index (χ3v) is 6.23. The average molecular weight is 464 g/mol. The number of fused-ring (bicyclic) bond motifs is 1. The van der Waals surface area contributed by atoms with Gasteiger partial charge in [-0.3, -0.25) is 15.0 Å². The molecule has 2 amide bonds. The predicted octanol–water partition coefficient (Wildman–Crippen LogP) is 2.58. The lowest BCUT2D eigenvalue weighted by Gasteiger charge is -2.39. The molecule has 2 aromatic carbocycles. The number of hydrazine groups is 1. The molecule has 1 atom stereocenters. The zero-order valence-corrected chi connectivity index (χ0v) is 20.9. The number of benzene rings is 2. The van der Waals surface area contributed by atoms with E-state index in [1.807, 2.05) is 34.6 Å². The zero-order valence-electron chi connectivity index (χ0n) is 20.9. The van der Waals surface area contributed by atoms with E-state index in [2.05, 4.69) is 10.5 Å². The number of hydrogen-bond acceptors (Lipinski definition) is 6. The van der Waals surface area contributed by atoms with E-state index in [1.54, 1.807) is 56.8 Å². The lowest BCUT2D eigenvalue weighted by atomic mass is 9.69. The van der Waals surface area contributed by atoms with Gasteiger partial charge in [0.15, 0.2) is 0 Å². The van der Waals surface area contributed by atoms with E-state index in [-0.39, 0.29) is 17.4 Å². The molecule has 1 aliphatic rings. The van der Waals surface area contributed by atoms with Crippen LogP contribution in [0, 0.1) is 12.3 Å². The minimum absolute atomic E-state index is 0.268. The summed E-state index contributed by atoms with van der Waals surface area (Å²) in [7, 11) is 2.26. The smallest absolute Gasteiger partial charge is 0.466 e. The summed E-state index contributed by atoms with van der Waals surface area (Å²) in [5, 5.41) is 16.0. The molecule has 9 heteroatoms. The van der Waals surface area contributed by atoms with Crippen LogP contribution in [0.3, 0.4) is 0 Å². The molecule has 0 aliphatic carbocycles. The lowest BCUT2D eigenvalue weighted by Crippen LogP contribution is -2.56. The number of amides is 2. The number of nitrogens with zero attached hydrogens (tertiary/aromatic N) is 3. The average Bonchev–Trinajstić information content (AvgIpc) is 2.80. The molecule has 0 saturated carbocycles. The predicted molar refractivity (Wildman–Crippen MR) is 134 cm³/mol. The van der Waals surface area contributed by atoms with Crippen molar-refractivity contribution in [2.75, 3.05) is 14.2 Å². The number of hydrogen-bond donors (Lipinski definition) is 2. The number of ether oxygens (including phenoxy) is 1. The lowest BCUT2D eigenvalue weighted by molar-refractivity contribution is 0.0284. The second-order valence-corrected chi connectivity index (χ2v) is 9.57. The Kier molecular flexibility index (Phi) is 7.36. The van der Waals surface area contributed by atoms with Gasteiger partial charge in [0, 0.05) is 23.7 Å². The minimum atomic E-state index is -0.956. The fraction of sp³-hybridized carbons (Fsp3) is 0.400. The second-order valence-electron chi connectivity index (χ2n) is 9.57. The molecule has 0 aromatic heterocycles. The first-order valence-electron chi connectivity index (χ1n) is 11.4. The van der Waals surface area contributed by atoms with Crippen molar-refractivity contribution in [2.24, 2.45) is 10.5 Å². The van der Waals surface area contributed by atoms with Crippen LogP contribution in [0.5, 0.6) is 5.75 Å². The van der Waals surface area contributed by atoms with Crippen molar-refractivity contribution >= 4 is 30.5 Å². The Morgan fingerprint density at radius 1 is 1.26 bits per heavy atom. The first-order chi connectivity index (χ1) is 16.0. The Morgan fingerprint density at radius 3 is 2.59 bits per heavy atom. The van der Waals surface area contributed by atoms with Gasteiger partial charge in [-0.25, -0.2) is 5.01 Å². The number of carbonyl (C=O) groups is 2. The van der Waals surface area contributed by atoms with Gasteiger partial charge in [-0.15, -0.1) is 0 Å². The first kappa shape index (κ1) is 25.3. The van der Waals surface area contributed by atoms with Gasteiger partial charge in [0.25, 0.3) is 11.8 Å². The van der Waals surface area contributed by atoms with Gasteiger partial charge in [-0.2, -0.15) is 5.10 Å². The number of nitrogens with one attached hydrogen (secondary N) is 1. The van der Waals surface area contributed by atoms with E-state index < -0.39 is 13.0 Å². The fourth-order valence-electron chi connectivity index (χ4n) is 4.30. The highest BCUT2D eigenvalue weighted by atomic mass is 16.5. The quantitative estimate of drug-likeness (QED) is 0.524. The van der Waals surface area contributed by atoms with Crippen molar-refractivity contribution in [2.45, 2.75) is 47.1 Å². The number of carbonyl (C=O) groups excluding carboxylic acids is 2. The van der Waals surface area contributed by atoms with Crippen LogP contribution in [-0.4, -0.2) is 60.2 Å². The molecule has 1 unspecified atom stereocenters. The van der Waals surface area contributed by atoms with Crippen molar-refractivity contribution in [1.29, 1.82) is 0 Å². The van der Waals surface area contributed by atoms with Gasteiger partial charge in [-0.1, -0.05) is 39.8 Å². The van der Waals surface area contributed by atoms with Crippen LogP contribution in [0.15, 0.2) is 41.5 Å². The topological polar surface area (TPSA) is 94.5 Å². The Hall–Kier alpha value is -3.33. The van der Waals surface area contributed by atoms with Crippen LogP contribution in [0.2, 0.25) is 0 Å². The van der Waals surface area contributed by atoms with Crippen LogP contribution in [0.25, 0.3) is 0 Å². The summed E-state index contributed by atoms with van der Waals surface area (Å²) in [5.41, 5.74) is 5.39. The van der Waals surface area contributed by atoms with Crippen molar-refractivity contribution < 1.29 is 19.3 Å². The molecule has 180 valence electrons. The molecule has 0 saturated heterocycles. The SMILES string of the molecule is CCC(N(NC(=O)c1ccc2c(c1)B(O)N(C)N=C2)C(=O)c1cccc(OC)c1C)C(C)(C)C. The zero-order chi connectivity index (χ0) is 25.2. The Bertz CT molecular complexity index is 1110. The Morgan fingerprint density at radius 2 is 1.97 bits per heavy atom. The highest BCUT2D eigenvalue weighted by Crippen LogP contribution is 2.29. The standard InChI is InChI=1S/C25H33BN4O4/c1-8-22(25(3,4)5)30(24(32)19-10-9-11-21(34-7)16(19)2)28-23(31)17-12-13-18-15-27-29(6)26(33)20(18)14-17/h9-15,22,33H,8H2,1-7H3,(H,28,31). The van der Waals surface area contributed by atoms with Gasteiger partial charge in [0.05, 0.1) is 19.4 Å². The highest BCUT2D eigenvalue weighted by Gasteiger charge is 2.35. The monoisotopic (exact) mass is 464 g/mol. The second kappa shape index (κ2) is 9.89. The molecule has 3 rings (SSSR count). The van der Waals surface area contributed by atoms with Crippen molar-refractivity contribution in [1.82, 2.24) is 15.4 Å². The molecule has 0 fully saturated rings. The largest absolute Gasteiger partial charge is 0.496 e. The molecule has 0 spiro atoms. The summed E-state index contributed by atoms with van der Waals surface area (Å²) in [6, 6.07) is 10.1. The molecular formula is C25H33BN4O4. The fourth-order valence-corrected chi connectivity index (χ4v) is 4.30. The van der Waals surface area contributed by atoms with E-state index in [9.17, 15) is 14.6 Å². The normalized spacial score (nSPS) is 13.9. The molecule has 0 radical (unpaired) electrons. The molecule has 1 heterocycles. The van der Waals surface area contributed by atoms with Gasteiger partial charge >= 0.3 is 7.05 Å². The van der Waals surface area contributed by atoms with Crippen LogP contribution in [-0.2, 0) is 0 Å². The van der Waals surface area contributed by atoms with E-state index in [0.29, 0.717) is 34.3 Å². The summed E-state index contributed by atoms with van der Waals surface area (Å²) in [6.07, 6.45) is 2.28. The third-order valence-electron chi connectivity index (χ3n) is 6.23. The van der Waals surface area contributed by atoms with E-state index >= 15 is 0 Å². The van der Waals surface area contributed by atoms with Crippen molar-refractivity contribution in [3.63, 3.8) is 0 Å². The molecule has 8 nitrogen and oxygen atoms in total. The van der Waals surface area contributed by atoms with Gasteiger partial charge in [0.1, 0.15) is 5.75 Å². The maximum absolute atomic E-state index is 13.8. The number of methoxy groups -OCH3 is 1. The molecule has 2 aromatic rings. The summed E-state index contributed by atoms with van der Waals surface area (Å²) in [4.78, 5) is 28.5. The first-order valence-corrected chi connectivity index (χ1v) is 11.4. The molecular weight excluding hydrogens is 431 g/mol. The summed E-state index contributed by atoms with van der Waals surface area (Å²) in [5.74, 6) is -0.136. The summed E-state index contributed by atoms with van der Waals surface area (Å²) in [6.45, 7) is 9.93. The van der Waals surface area contributed by atoms with Crippen LogP contribution in [0.4, 0.5) is 0 Å². The van der Waals surface area contributed by atoms with Crippen molar-refractivity contribution in [3.8, 4) is 5.75 Å². The Balaban J connectivity index is 1.99. The molecule has 2 N–H and O–H groups in total. The molecule has 34 heavy (non-hydrogen) atoms. The third kappa shape index (κ3) is 4.94. The van der Waals surface area contributed by atoms with Gasteiger partial charge in [-0.05, 0) is 54.1 Å². The maximum atomic E-state index is 13.8. The van der Waals surface area contributed by atoms with Crippen LogP contribution < -0.4 is 15.6 Å². The van der Waals surface area contributed by atoms with Crippen LogP contribution in [0.1, 0.15) is 66.0 Å².